The number of carbonyl (C=O) groups excluding carboxylic acids is 2. The number of hydrogen-bond donors (Lipinski definition) is 1. The highest BCUT2D eigenvalue weighted by Gasteiger charge is 2.41. The molecule has 1 N–H and O–H groups in total. The first-order valence-electron chi connectivity index (χ1n) is 6.91. The van der Waals surface area contributed by atoms with Crippen LogP contribution in [0.25, 0.3) is 0 Å². The number of nitrogens with one attached hydrogen (secondary N) is 1. The molecule has 2 heterocycles. The molecule has 0 unspecified atom stereocenters. The van der Waals surface area contributed by atoms with Crippen molar-refractivity contribution in [2.24, 2.45) is 5.41 Å². The lowest BCUT2D eigenvalue weighted by Crippen LogP contribution is -2.49. The van der Waals surface area contributed by atoms with E-state index in [9.17, 15) is 9.59 Å². The predicted octanol–water partition coefficient (Wildman–Crippen LogP) is 1.05. The Bertz CT molecular complexity index is 331. The zero-order valence-corrected chi connectivity index (χ0v) is 11.4. The molecule has 0 aromatic heterocycles. The molecule has 0 radical (unpaired) electrons. The van der Waals surface area contributed by atoms with Gasteiger partial charge in [-0.05, 0) is 32.1 Å². The maximum atomic E-state index is 12.2. The fraction of sp³-hybridized carbons (Fsp3) is 0.846. The van der Waals surface area contributed by atoms with E-state index >= 15 is 0 Å². The van der Waals surface area contributed by atoms with Gasteiger partial charge in [0.2, 0.25) is 5.91 Å². The number of amides is 3. The predicted molar refractivity (Wildman–Crippen MR) is 69.2 cm³/mol. The van der Waals surface area contributed by atoms with Gasteiger partial charge in [-0.25, -0.2) is 4.79 Å². The molecule has 102 valence electrons. The summed E-state index contributed by atoms with van der Waals surface area (Å²) in [5.74, 6) is 0.165. The summed E-state index contributed by atoms with van der Waals surface area (Å²) >= 11 is 0. The molecule has 0 bridgehead atoms. The number of carbonyl (C=O) groups is 2. The van der Waals surface area contributed by atoms with E-state index in [4.69, 9.17) is 0 Å². The highest BCUT2D eigenvalue weighted by atomic mass is 16.2. The van der Waals surface area contributed by atoms with Crippen molar-refractivity contribution in [3.8, 4) is 0 Å². The summed E-state index contributed by atoms with van der Waals surface area (Å²) in [5, 5.41) is 2.92. The van der Waals surface area contributed by atoms with Gasteiger partial charge < -0.3 is 15.1 Å². The van der Waals surface area contributed by atoms with Crippen molar-refractivity contribution >= 4 is 11.9 Å². The van der Waals surface area contributed by atoms with Crippen LogP contribution in [0.5, 0.6) is 0 Å². The Labute approximate surface area is 108 Å². The maximum absolute atomic E-state index is 12.2. The fourth-order valence-corrected chi connectivity index (χ4v) is 2.97. The van der Waals surface area contributed by atoms with Gasteiger partial charge in [-0.2, -0.15) is 0 Å². The molecule has 0 aromatic carbocycles. The normalized spacial score (nSPS) is 22.1. The summed E-state index contributed by atoms with van der Waals surface area (Å²) in [5.41, 5.74) is 0.122. The molecule has 2 aliphatic rings. The molecule has 0 aromatic rings. The second-order valence-corrected chi connectivity index (χ2v) is 5.40. The van der Waals surface area contributed by atoms with Crippen LogP contribution in [0.4, 0.5) is 4.79 Å². The third-order valence-corrected chi connectivity index (χ3v) is 4.32. The van der Waals surface area contributed by atoms with Crippen LogP contribution in [0.3, 0.4) is 0 Å². The van der Waals surface area contributed by atoms with Gasteiger partial charge in [0.25, 0.3) is 0 Å². The molecule has 2 fully saturated rings. The van der Waals surface area contributed by atoms with Crippen molar-refractivity contribution < 1.29 is 9.59 Å². The lowest BCUT2D eigenvalue weighted by molar-refractivity contribution is -0.119. The quantitative estimate of drug-likeness (QED) is 0.799. The Morgan fingerprint density at radius 3 is 2.39 bits per heavy atom. The van der Waals surface area contributed by atoms with Crippen LogP contribution >= 0.6 is 0 Å². The first-order chi connectivity index (χ1) is 8.60. The summed E-state index contributed by atoms with van der Waals surface area (Å²) in [6.07, 6.45) is 2.53. The largest absolute Gasteiger partial charge is 0.356 e. The Kier molecular flexibility index (Phi) is 3.78. The first-order valence-corrected chi connectivity index (χ1v) is 6.91. The van der Waals surface area contributed by atoms with Crippen molar-refractivity contribution in [1.29, 1.82) is 0 Å². The molecule has 5 heteroatoms. The van der Waals surface area contributed by atoms with E-state index in [0.717, 1.165) is 45.6 Å². The van der Waals surface area contributed by atoms with Gasteiger partial charge in [0.15, 0.2) is 0 Å². The van der Waals surface area contributed by atoms with E-state index in [2.05, 4.69) is 5.32 Å². The molecule has 18 heavy (non-hydrogen) atoms. The van der Waals surface area contributed by atoms with E-state index in [1.54, 1.807) is 0 Å². The van der Waals surface area contributed by atoms with Crippen LogP contribution in [-0.2, 0) is 4.79 Å². The Morgan fingerprint density at radius 2 is 1.94 bits per heavy atom. The van der Waals surface area contributed by atoms with Gasteiger partial charge >= 0.3 is 6.03 Å². The summed E-state index contributed by atoms with van der Waals surface area (Å²) < 4.78 is 0. The summed E-state index contributed by atoms with van der Waals surface area (Å²) in [6.45, 7) is 7.89. The van der Waals surface area contributed by atoms with Gasteiger partial charge in [0.1, 0.15) is 0 Å². The van der Waals surface area contributed by atoms with Gasteiger partial charge in [-0.1, -0.05) is 0 Å². The topological polar surface area (TPSA) is 52.7 Å². The molecule has 5 nitrogen and oxygen atoms in total. The molecular formula is C13H23N3O2. The van der Waals surface area contributed by atoms with E-state index in [1.807, 2.05) is 23.6 Å². The number of piperidine rings is 1. The van der Waals surface area contributed by atoms with E-state index in [0.29, 0.717) is 6.42 Å². The molecule has 0 aliphatic carbocycles. The van der Waals surface area contributed by atoms with Crippen LogP contribution in [0, 0.1) is 5.41 Å². The molecule has 0 saturated carbocycles. The molecular weight excluding hydrogens is 230 g/mol. The van der Waals surface area contributed by atoms with E-state index in [-0.39, 0.29) is 17.4 Å². The SMILES string of the molecule is CCN(CC)C(=O)N1CCC2(CC1)CNC(=O)C2. The Morgan fingerprint density at radius 1 is 1.33 bits per heavy atom. The lowest BCUT2D eigenvalue weighted by atomic mass is 9.78. The molecule has 2 saturated heterocycles. The van der Waals surface area contributed by atoms with Crippen molar-refractivity contribution in [1.82, 2.24) is 15.1 Å². The van der Waals surface area contributed by atoms with Gasteiger partial charge in [0, 0.05) is 39.1 Å². The third kappa shape index (κ3) is 2.44. The van der Waals surface area contributed by atoms with E-state index in [1.165, 1.54) is 0 Å². The fourth-order valence-electron chi connectivity index (χ4n) is 2.97. The minimum absolute atomic E-state index is 0.122. The maximum Gasteiger partial charge on any atom is 0.319 e. The van der Waals surface area contributed by atoms with E-state index < -0.39 is 0 Å². The molecule has 3 amide bonds. The van der Waals surface area contributed by atoms with Crippen LogP contribution in [0.2, 0.25) is 0 Å². The van der Waals surface area contributed by atoms with Crippen LogP contribution in [0.15, 0.2) is 0 Å². The molecule has 2 aliphatic heterocycles. The first kappa shape index (κ1) is 13.2. The van der Waals surface area contributed by atoms with Crippen molar-refractivity contribution in [3.63, 3.8) is 0 Å². The Hall–Kier alpha value is -1.26. The standard InChI is InChI=1S/C13H23N3O2/c1-3-15(4-2)12(18)16-7-5-13(6-8-16)9-11(17)14-10-13/h3-10H2,1-2H3,(H,14,17). The average molecular weight is 253 g/mol. The lowest BCUT2D eigenvalue weighted by Gasteiger charge is -2.39. The highest BCUT2D eigenvalue weighted by Crippen LogP contribution is 2.37. The second kappa shape index (κ2) is 5.16. The second-order valence-electron chi connectivity index (χ2n) is 5.40. The summed E-state index contributed by atoms with van der Waals surface area (Å²) in [7, 11) is 0. The number of urea groups is 1. The van der Waals surface area contributed by atoms with Crippen molar-refractivity contribution in [2.45, 2.75) is 33.1 Å². The minimum atomic E-state index is 0.122. The minimum Gasteiger partial charge on any atom is -0.356 e. The van der Waals surface area contributed by atoms with Crippen molar-refractivity contribution in [2.75, 3.05) is 32.7 Å². The smallest absolute Gasteiger partial charge is 0.319 e. The number of likely N-dealkylation sites (tertiary alicyclic amines) is 1. The van der Waals surface area contributed by atoms with Gasteiger partial charge in [-0.15, -0.1) is 0 Å². The third-order valence-electron chi connectivity index (χ3n) is 4.32. The molecule has 2 rings (SSSR count). The summed E-state index contributed by atoms with van der Waals surface area (Å²) in [6, 6.07) is 0.145. The molecule has 0 atom stereocenters. The van der Waals surface area contributed by atoms with Crippen LogP contribution in [0.1, 0.15) is 33.1 Å². The summed E-state index contributed by atoms with van der Waals surface area (Å²) in [4.78, 5) is 27.3. The Balaban J connectivity index is 1.90. The monoisotopic (exact) mass is 253 g/mol. The zero-order valence-electron chi connectivity index (χ0n) is 11.4. The van der Waals surface area contributed by atoms with Gasteiger partial charge in [0.05, 0.1) is 0 Å². The van der Waals surface area contributed by atoms with Crippen LogP contribution < -0.4 is 5.32 Å². The zero-order chi connectivity index (χ0) is 13.2. The number of nitrogens with zero attached hydrogens (tertiary/aromatic N) is 2. The number of rotatable bonds is 2. The van der Waals surface area contributed by atoms with Crippen LogP contribution in [-0.4, -0.2) is 54.5 Å². The molecule has 1 spiro atoms. The number of hydrogen-bond acceptors (Lipinski definition) is 2. The van der Waals surface area contributed by atoms with Gasteiger partial charge in [-0.3, -0.25) is 4.79 Å². The van der Waals surface area contributed by atoms with Crippen molar-refractivity contribution in [3.05, 3.63) is 0 Å². The highest BCUT2D eigenvalue weighted by molar-refractivity contribution is 5.79. The average Bonchev–Trinajstić information content (AvgIpc) is 2.73.